The first-order valence-electron chi connectivity index (χ1n) is 5.28. The van der Waals surface area contributed by atoms with Crippen molar-refractivity contribution in [2.45, 2.75) is 50.7 Å². The van der Waals surface area contributed by atoms with Crippen LogP contribution in [0.4, 0.5) is 0 Å². The van der Waals surface area contributed by atoms with E-state index in [0.717, 1.165) is 18.9 Å². The number of rotatable bonds is 3. The van der Waals surface area contributed by atoms with Crippen molar-refractivity contribution in [2.24, 2.45) is 5.92 Å². The van der Waals surface area contributed by atoms with Gasteiger partial charge in [0.25, 0.3) is 0 Å². The molecule has 0 bridgehead atoms. The minimum absolute atomic E-state index is 0.0715. The third-order valence-electron chi connectivity index (χ3n) is 3.08. The normalized spacial score (nSPS) is 33.2. The Morgan fingerprint density at radius 2 is 2.08 bits per heavy atom. The van der Waals surface area contributed by atoms with Gasteiger partial charge in [-0.05, 0) is 31.7 Å². The molecule has 0 spiro atoms. The highest BCUT2D eigenvalue weighted by molar-refractivity contribution is 4.84. The molecule has 0 unspecified atom stereocenters. The SMILES string of the molecule is O[C@@H](CC1CC1)[C@H]1CCCCN1. The van der Waals surface area contributed by atoms with Crippen LogP contribution in [0.15, 0.2) is 0 Å². The van der Waals surface area contributed by atoms with Crippen molar-refractivity contribution in [3.8, 4) is 0 Å². The average Bonchev–Trinajstić information content (AvgIpc) is 2.90. The van der Waals surface area contributed by atoms with E-state index in [2.05, 4.69) is 5.32 Å². The van der Waals surface area contributed by atoms with E-state index >= 15 is 0 Å². The van der Waals surface area contributed by atoms with Crippen molar-refractivity contribution >= 4 is 0 Å². The van der Waals surface area contributed by atoms with Gasteiger partial charge in [0.15, 0.2) is 0 Å². The second kappa shape index (κ2) is 3.75. The van der Waals surface area contributed by atoms with Gasteiger partial charge in [0.05, 0.1) is 6.10 Å². The first-order chi connectivity index (χ1) is 5.86. The fourth-order valence-corrected chi connectivity index (χ4v) is 2.07. The summed E-state index contributed by atoms with van der Waals surface area (Å²) in [7, 11) is 0. The minimum Gasteiger partial charge on any atom is -0.391 e. The molecule has 1 heterocycles. The molecule has 0 aromatic carbocycles. The molecule has 2 rings (SSSR count). The molecule has 0 amide bonds. The van der Waals surface area contributed by atoms with Gasteiger partial charge in [0.2, 0.25) is 0 Å². The third-order valence-corrected chi connectivity index (χ3v) is 3.08. The fraction of sp³-hybridized carbons (Fsp3) is 1.00. The van der Waals surface area contributed by atoms with Crippen molar-refractivity contribution in [2.75, 3.05) is 6.54 Å². The van der Waals surface area contributed by atoms with E-state index in [1.54, 1.807) is 0 Å². The maximum Gasteiger partial charge on any atom is 0.0695 e. The van der Waals surface area contributed by atoms with Gasteiger partial charge >= 0.3 is 0 Å². The highest BCUT2D eigenvalue weighted by Crippen LogP contribution is 2.34. The smallest absolute Gasteiger partial charge is 0.0695 e. The Kier molecular flexibility index (Phi) is 2.66. The summed E-state index contributed by atoms with van der Waals surface area (Å²) in [5.74, 6) is 0.851. The van der Waals surface area contributed by atoms with Crippen LogP contribution in [0.5, 0.6) is 0 Å². The van der Waals surface area contributed by atoms with E-state index in [1.165, 1.54) is 32.1 Å². The number of hydrogen-bond donors (Lipinski definition) is 2. The lowest BCUT2D eigenvalue weighted by atomic mass is 9.96. The zero-order valence-corrected chi connectivity index (χ0v) is 7.63. The first kappa shape index (κ1) is 8.52. The number of aliphatic hydroxyl groups excluding tert-OH is 1. The monoisotopic (exact) mass is 169 g/mol. The summed E-state index contributed by atoms with van der Waals surface area (Å²) in [5, 5.41) is 13.2. The maximum absolute atomic E-state index is 9.82. The molecule has 70 valence electrons. The fourth-order valence-electron chi connectivity index (χ4n) is 2.07. The maximum atomic E-state index is 9.82. The van der Waals surface area contributed by atoms with E-state index in [4.69, 9.17) is 0 Å². The summed E-state index contributed by atoms with van der Waals surface area (Å²) in [6.45, 7) is 1.10. The van der Waals surface area contributed by atoms with Crippen LogP contribution in [0.3, 0.4) is 0 Å². The predicted octanol–water partition coefficient (Wildman–Crippen LogP) is 1.29. The summed E-state index contributed by atoms with van der Waals surface area (Å²) >= 11 is 0. The van der Waals surface area contributed by atoms with Crippen LogP contribution in [-0.4, -0.2) is 23.8 Å². The van der Waals surface area contributed by atoms with Gasteiger partial charge in [-0.25, -0.2) is 0 Å². The molecule has 12 heavy (non-hydrogen) atoms. The molecular formula is C10H19NO. The molecule has 0 radical (unpaired) electrons. The average molecular weight is 169 g/mol. The molecule has 0 aromatic heterocycles. The van der Waals surface area contributed by atoms with Crippen molar-refractivity contribution in [1.82, 2.24) is 5.32 Å². The van der Waals surface area contributed by atoms with Crippen LogP contribution < -0.4 is 5.32 Å². The molecule has 1 saturated heterocycles. The predicted molar refractivity (Wildman–Crippen MR) is 49.0 cm³/mol. The van der Waals surface area contributed by atoms with E-state index in [-0.39, 0.29) is 6.10 Å². The molecule has 2 N–H and O–H groups in total. The minimum atomic E-state index is -0.0715. The van der Waals surface area contributed by atoms with Crippen LogP contribution in [0.1, 0.15) is 38.5 Å². The van der Waals surface area contributed by atoms with E-state index in [0.29, 0.717) is 6.04 Å². The van der Waals surface area contributed by atoms with Gasteiger partial charge in [-0.3, -0.25) is 0 Å². The lowest BCUT2D eigenvalue weighted by Gasteiger charge is -2.27. The Morgan fingerprint density at radius 3 is 2.67 bits per heavy atom. The quantitative estimate of drug-likeness (QED) is 0.667. The van der Waals surface area contributed by atoms with Crippen molar-refractivity contribution in [3.05, 3.63) is 0 Å². The molecular weight excluding hydrogens is 150 g/mol. The number of nitrogens with one attached hydrogen (secondary N) is 1. The molecule has 2 aliphatic rings. The van der Waals surface area contributed by atoms with Crippen molar-refractivity contribution in [1.29, 1.82) is 0 Å². The molecule has 1 aliphatic heterocycles. The van der Waals surface area contributed by atoms with E-state index in [9.17, 15) is 5.11 Å². The van der Waals surface area contributed by atoms with Crippen molar-refractivity contribution in [3.63, 3.8) is 0 Å². The Bertz CT molecular complexity index is 139. The molecule has 1 saturated carbocycles. The Morgan fingerprint density at radius 1 is 1.25 bits per heavy atom. The van der Waals surface area contributed by atoms with Gasteiger partial charge in [-0.2, -0.15) is 0 Å². The molecule has 2 nitrogen and oxygen atoms in total. The summed E-state index contributed by atoms with van der Waals surface area (Å²) < 4.78 is 0. The second-order valence-electron chi connectivity index (χ2n) is 4.30. The Balaban J connectivity index is 1.72. The number of piperidine rings is 1. The van der Waals surface area contributed by atoms with Gasteiger partial charge in [0, 0.05) is 6.04 Å². The Hall–Kier alpha value is -0.0800. The van der Waals surface area contributed by atoms with Gasteiger partial charge in [-0.1, -0.05) is 19.3 Å². The van der Waals surface area contributed by atoms with E-state index < -0.39 is 0 Å². The largest absolute Gasteiger partial charge is 0.391 e. The van der Waals surface area contributed by atoms with Crippen LogP contribution >= 0.6 is 0 Å². The third kappa shape index (κ3) is 2.20. The standard InChI is InChI=1S/C10H19NO/c12-10(7-8-4-5-8)9-3-1-2-6-11-9/h8-12H,1-7H2/t9-,10+/m1/s1. The van der Waals surface area contributed by atoms with Gasteiger partial charge in [0.1, 0.15) is 0 Å². The van der Waals surface area contributed by atoms with Crippen LogP contribution in [0, 0.1) is 5.92 Å². The molecule has 2 fully saturated rings. The lowest BCUT2D eigenvalue weighted by molar-refractivity contribution is 0.0993. The zero-order chi connectivity index (χ0) is 8.39. The highest BCUT2D eigenvalue weighted by atomic mass is 16.3. The lowest BCUT2D eigenvalue weighted by Crippen LogP contribution is -2.43. The first-order valence-corrected chi connectivity index (χ1v) is 5.28. The van der Waals surface area contributed by atoms with E-state index in [1.807, 2.05) is 0 Å². The Labute approximate surface area is 74.4 Å². The number of hydrogen-bond acceptors (Lipinski definition) is 2. The number of aliphatic hydroxyl groups is 1. The van der Waals surface area contributed by atoms with Crippen LogP contribution in [0.2, 0.25) is 0 Å². The molecule has 2 atom stereocenters. The second-order valence-corrected chi connectivity index (χ2v) is 4.30. The molecule has 0 aromatic rings. The molecule has 1 aliphatic carbocycles. The summed E-state index contributed by atoms with van der Waals surface area (Å²) in [5.41, 5.74) is 0. The topological polar surface area (TPSA) is 32.3 Å². The van der Waals surface area contributed by atoms with Crippen LogP contribution in [-0.2, 0) is 0 Å². The van der Waals surface area contributed by atoms with Crippen LogP contribution in [0.25, 0.3) is 0 Å². The zero-order valence-electron chi connectivity index (χ0n) is 7.63. The van der Waals surface area contributed by atoms with Gasteiger partial charge < -0.3 is 10.4 Å². The van der Waals surface area contributed by atoms with Gasteiger partial charge in [-0.15, -0.1) is 0 Å². The summed E-state index contributed by atoms with van der Waals surface area (Å²) in [4.78, 5) is 0. The molecule has 2 heteroatoms. The van der Waals surface area contributed by atoms with Crippen molar-refractivity contribution < 1.29 is 5.11 Å². The summed E-state index contributed by atoms with van der Waals surface area (Å²) in [6.07, 6.45) is 7.42. The highest BCUT2D eigenvalue weighted by Gasteiger charge is 2.29. The summed E-state index contributed by atoms with van der Waals surface area (Å²) in [6, 6.07) is 0.402.